The van der Waals surface area contributed by atoms with E-state index in [9.17, 15) is 0 Å². The van der Waals surface area contributed by atoms with E-state index in [4.69, 9.17) is 9.72 Å². The second-order valence-electron chi connectivity index (χ2n) is 6.57. The molecule has 0 radical (unpaired) electrons. The van der Waals surface area contributed by atoms with Crippen LogP contribution in [0.3, 0.4) is 0 Å². The number of hydrogen-bond acceptors (Lipinski definition) is 4. The van der Waals surface area contributed by atoms with Gasteiger partial charge in [0.2, 0.25) is 0 Å². The molecule has 0 aliphatic heterocycles. The van der Waals surface area contributed by atoms with Gasteiger partial charge < -0.3 is 10.1 Å². The first-order valence-corrected chi connectivity index (χ1v) is 8.63. The van der Waals surface area contributed by atoms with Crippen LogP contribution in [0.25, 0.3) is 0 Å². The van der Waals surface area contributed by atoms with Crippen molar-refractivity contribution in [2.24, 2.45) is 5.41 Å². The van der Waals surface area contributed by atoms with Crippen molar-refractivity contribution in [2.45, 2.75) is 66.0 Å². The summed E-state index contributed by atoms with van der Waals surface area (Å²) in [5, 5.41) is 4.75. The Balaban J connectivity index is 2.29. The van der Waals surface area contributed by atoms with Crippen molar-refractivity contribution in [1.29, 1.82) is 0 Å². The SMILES string of the molecule is CCNC1CCCc2nc(C(OCC)C(C)(C)C)sc21. The lowest BCUT2D eigenvalue weighted by Crippen LogP contribution is -2.23. The number of fused-ring (bicyclic) bond motifs is 1. The third-order valence-corrected chi connectivity index (χ3v) is 5.02. The largest absolute Gasteiger partial charge is 0.371 e. The number of aryl methyl sites for hydroxylation is 1. The quantitative estimate of drug-likeness (QED) is 0.882. The summed E-state index contributed by atoms with van der Waals surface area (Å²) in [6.45, 7) is 12.7. The van der Waals surface area contributed by atoms with Gasteiger partial charge in [0.15, 0.2) is 0 Å². The Kier molecular flexibility index (Phi) is 5.21. The van der Waals surface area contributed by atoms with Gasteiger partial charge >= 0.3 is 0 Å². The van der Waals surface area contributed by atoms with Gasteiger partial charge in [0.1, 0.15) is 11.1 Å². The molecule has 0 fully saturated rings. The summed E-state index contributed by atoms with van der Waals surface area (Å²) >= 11 is 1.86. The molecule has 0 spiro atoms. The van der Waals surface area contributed by atoms with Gasteiger partial charge in [0, 0.05) is 17.5 Å². The molecule has 2 unspecified atom stereocenters. The van der Waals surface area contributed by atoms with Crippen molar-refractivity contribution in [2.75, 3.05) is 13.2 Å². The Morgan fingerprint density at radius 3 is 2.75 bits per heavy atom. The van der Waals surface area contributed by atoms with E-state index in [1.54, 1.807) is 0 Å². The summed E-state index contributed by atoms with van der Waals surface area (Å²) in [7, 11) is 0. The lowest BCUT2D eigenvalue weighted by Gasteiger charge is -2.28. The molecule has 0 amide bonds. The van der Waals surface area contributed by atoms with Crippen molar-refractivity contribution in [3.63, 3.8) is 0 Å². The van der Waals surface area contributed by atoms with Crippen molar-refractivity contribution >= 4 is 11.3 Å². The lowest BCUT2D eigenvalue weighted by molar-refractivity contribution is -0.0134. The lowest BCUT2D eigenvalue weighted by atomic mass is 9.89. The van der Waals surface area contributed by atoms with E-state index in [1.165, 1.54) is 23.4 Å². The molecule has 0 bridgehead atoms. The molecular formula is C16H28N2OS. The van der Waals surface area contributed by atoms with Gasteiger partial charge in [0.05, 0.1) is 5.69 Å². The molecule has 1 heterocycles. The van der Waals surface area contributed by atoms with E-state index in [0.29, 0.717) is 6.04 Å². The first-order chi connectivity index (χ1) is 9.47. The van der Waals surface area contributed by atoms with Gasteiger partial charge in [-0.05, 0) is 38.1 Å². The molecule has 1 N–H and O–H groups in total. The van der Waals surface area contributed by atoms with Crippen LogP contribution in [-0.2, 0) is 11.2 Å². The third kappa shape index (κ3) is 3.41. The van der Waals surface area contributed by atoms with E-state index < -0.39 is 0 Å². The molecule has 0 saturated carbocycles. The highest BCUT2D eigenvalue weighted by molar-refractivity contribution is 7.12. The van der Waals surface area contributed by atoms with Gasteiger partial charge in [-0.1, -0.05) is 27.7 Å². The van der Waals surface area contributed by atoms with Gasteiger partial charge in [-0.2, -0.15) is 0 Å². The number of thiazole rings is 1. The number of nitrogens with zero attached hydrogens (tertiary/aromatic N) is 1. The van der Waals surface area contributed by atoms with Crippen LogP contribution in [0.2, 0.25) is 0 Å². The zero-order valence-corrected chi connectivity index (χ0v) is 14.3. The number of rotatable bonds is 5. The number of aromatic nitrogens is 1. The van der Waals surface area contributed by atoms with E-state index in [0.717, 1.165) is 24.6 Å². The second-order valence-corrected chi connectivity index (χ2v) is 7.63. The second kappa shape index (κ2) is 6.54. The molecule has 1 aromatic heterocycles. The fourth-order valence-electron chi connectivity index (χ4n) is 2.85. The highest BCUT2D eigenvalue weighted by atomic mass is 32.1. The van der Waals surface area contributed by atoms with E-state index in [2.05, 4.69) is 39.9 Å². The van der Waals surface area contributed by atoms with Crippen molar-refractivity contribution in [3.8, 4) is 0 Å². The molecule has 1 aliphatic rings. The minimum Gasteiger partial charge on any atom is -0.371 e. The van der Waals surface area contributed by atoms with Crippen LogP contribution >= 0.6 is 11.3 Å². The first-order valence-electron chi connectivity index (χ1n) is 7.81. The van der Waals surface area contributed by atoms with Crippen molar-refractivity contribution in [3.05, 3.63) is 15.6 Å². The van der Waals surface area contributed by atoms with Crippen LogP contribution in [-0.4, -0.2) is 18.1 Å². The predicted octanol–water partition coefficient (Wildman–Crippen LogP) is 4.25. The molecule has 1 aromatic rings. The maximum Gasteiger partial charge on any atom is 0.123 e. The van der Waals surface area contributed by atoms with Crippen LogP contribution in [0, 0.1) is 5.41 Å². The topological polar surface area (TPSA) is 34.2 Å². The molecule has 0 aromatic carbocycles. The summed E-state index contributed by atoms with van der Waals surface area (Å²) in [4.78, 5) is 6.37. The minimum absolute atomic E-state index is 0.0874. The van der Waals surface area contributed by atoms with Crippen LogP contribution < -0.4 is 5.32 Å². The fourth-order valence-corrected chi connectivity index (χ4v) is 4.37. The molecule has 4 heteroatoms. The van der Waals surface area contributed by atoms with Gasteiger partial charge in [-0.25, -0.2) is 4.98 Å². The standard InChI is InChI=1S/C16H28N2OS/c1-6-17-11-9-8-10-12-13(11)20-15(18-12)14(19-7-2)16(3,4)5/h11,14,17H,6-10H2,1-5H3. The predicted molar refractivity (Wildman–Crippen MR) is 85.3 cm³/mol. The normalized spacial score (nSPS) is 20.8. The van der Waals surface area contributed by atoms with Gasteiger partial charge in [-0.15, -0.1) is 11.3 Å². The Hall–Kier alpha value is -0.450. The fraction of sp³-hybridized carbons (Fsp3) is 0.812. The van der Waals surface area contributed by atoms with Gasteiger partial charge in [-0.3, -0.25) is 0 Å². The Morgan fingerprint density at radius 1 is 1.40 bits per heavy atom. The highest BCUT2D eigenvalue weighted by Crippen LogP contribution is 2.42. The summed E-state index contributed by atoms with van der Waals surface area (Å²) < 4.78 is 5.99. The Labute approximate surface area is 127 Å². The average molecular weight is 296 g/mol. The zero-order valence-electron chi connectivity index (χ0n) is 13.5. The summed E-state index contributed by atoms with van der Waals surface area (Å²) in [6.07, 6.45) is 3.70. The number of ether oxygens (including phenoxy) is 1. The minimum atomic E-state index is 0.0874. The van der Waals surface area contributed by atoms with Crippen molar-refractivity contribution < 1.29 is 4.74 Å². The smallest absolute Gasteiger partial charge is 0.123 e. The molecule has 0 saturated heterocycles. The van der Waals surface area contributed by atoms with Crippen LogP contribution in [0.15, 0.2) is 0 Å². The third-order valence-electron chi connectivity index (χ3n) is 3.76. The summed E-state index contributed by atoms with van der Waals surface area (Å²) in [5.74, 6) is 0. The molecule has 1 aliphatic carbocycles. The maximum atomic E-state index is 5.99. The zero-order chi connectivity index (χ0) is 14.8. The summed E-state index contributed by atoms with van der Waals surface area (Å²) in [6, 6.07) is 0.497. The maximum absolute atomic E-state index is 5.99. The van der Waals surface area contributed by atoms with Crippen LogP contribution in [0.4, 0.5) is 0 Å². The van der Waals surface area contributed by atoms with Crippen molar-refractivity contribution in [1.82, 2.24) is 10.3 Å². The van der Waals surface area contributed by atoms with E-state index in [-0.39, 0.29) is 11.5 Å². The average Bonchev–Trinajstić information content (AvgIpc) is 2.79. The van der Waals surface area contributed by atoms with E-state index >= 15 is 0 Å². The highest BCUT2D eigenvalue weighted by Gasteiger charge is 2.32. The molecular weight excluding hydrogens is 268 g/mol. The van der Waals surface area contributed by atoms with Gasteiger partial charge in [0.25, 0.3) is 0 Å². The summed E-state index contributed by atoms with van der Waals surface area (Å²) in [5.41, 5.74) is 1.39. The van der Waals surface area contributed by atoms with Crippen LogP contribution in [0.5, 0.6) is 0 Å². The first kappa shape index (κ1) is 15.9. The molecule has 2 atom stereocenters. The molecule has 2 rings (SSSR count). The van der Waals surface area contributed by atoms with E-state index in [1.807, 2.05) is 11.3 Å². The molecule has 114 valence electrons. The Morgan fingerprint density at radius 2 is 2.15 bits per heavy atom. The molecule has 20 heavy (non-hydrogen) atoms. The monoisotopic (exact) mass is 296 g/mol. The van der Waals surface area contributed by atoms with Crippen LogP contribution in [0.1, 0.15) is 75.2 Å². The molecule has 3 nitrogen and oxygen atoms in total. The number of nitrogens with one attached hydrogen (secondary N) is 1. The Bertz CT molecular complexity index is 436. The number of hydrogen-bond donors (Lipinski definition) is 1.